The zero-order chi connectivity index (χ0) is 10.7. The maximum Gasteiger partial charge on any atom is 0.0712 e. The number of rotatable bonds is 2. The van der Waals surface area contributed by atoms with Gasteiger partial charge >= 0.3 is 0 Å². The maximum absolute atomic E-state index is 10.3. The van der Waals surface area contributed by atoms with Crippen molar-refractivity contribution in [2.75, 3.05) is 13.1 Å². The summed E-state index contributed by atoms with van der Waals surface area (Å²) in [4.78, 5) is 3.93. The fraction of sp³-hybridized carbons (Fsp3) is 0.545. The second-order valence-corrected chi connectivity index (χ2v) is 4.53. The van der Waals surface area contributed by atoms with E-state index in [2.05, 4.69) is 10.3 Å². The minimum Gasteiger partial charge on any atom is -0.389 e. The average molecular weight is 227 g/mol. The third kappa shape index (κ3) is 2.68. The van der Waals surface area contributed by atoms with Crippen LogP contribution < -0.4 is 5.32 Å². The molecule has 0 bridgehead atoms. The van der Waals surface area contributed by atoms with Crippen LogP contribution in [0, 0.1) is 0 Å². The first-order valence-electron chi connectivity index (χ1n) is 5.21. The minimum atomic E-state index is -0.601. The normalized spacial score (nSPS) is 20.1. The summed E-state index contributed by atoms with van der Waals surface area (Å²) in [5.74, 6) is 0. The van der Waals surface area contributed by atoms with Gasteiger partial charge in [-0.3, -0.25) is 4.98 Å². The van der Waals surface area contributed by atoms with Crippen LogP contribution in [0.4, 0.5) is 0 Å². The lowest BCUT2D eigenvalue weighted by Gasteiger charge is -2.32. The molecule has 1 aliphatic heterocycles. The van der Waals surface area contributed by atoms with Gasteiger partial charge in [-0.2, -0.15) is 0 Å². The van der Waals surface area contributed by atoms with E-state index in [0.29, 0.717) is 11.4 Å². The number of hydrogen-bond donors (Lipinski definition) is 2. The Bertz CT molecular complexity index is 337. The quantitative estimate of drug-likeness (QED) is 0.801. The summed E-state index contributed by atoms with van der Waals surface area (Å²) in [6, 6.07) is 1.88. The molecule has 1 saturated heterocycles. The topological polar surface area (TPSA) is 45.2 Å². The summed E-state index contributed by atoms with van der Waals surface area (Å²) in [7, 11) is 0. The first-order chi connectivity index (χ1) is 7.20. The molecule has 2 heterocycles. The van der Waals surface area contributed by atoms with E-state index in [-0.39, 0.29) is 0 Å². The van der Waals surface area contributed by atoms with Crippen LogP contribution in [0.3, 0.4) is 0 Å². The Morgan fingerprint density at radius 1 is 1.47 bits per heavy atom. The molecule has 0 unspecified atom stereocenters. The number of nitrogens with zero attached hydrogens (tertiary/aromatic N) is 1. The molecule has 4 heteroatoms. The number of nitrogens with one attached hydrogen (secondary N) is 1. The predicted molar refractivity (Wildman–Crippen MR) is 60.0 cm³/mol. The van der Waals surface area contributed by atoms with Crippen LogP contribution in [0.5, 0.6) is 0 Å². The van der Waals surface area contributed by atoms with Gasteiger partial charge in [-0.25, -0.2) is 0 Å². The first-order valence-corrected chi connectivity index (χ1v) is 5.59. The molecule has 3 nitrogen and oxygen atoms in total. The SMILES string of the molecule is OC1(Cc2ccncc2Cl)CCNCC1. The molecule has 0 atom stereocenters. The van der Waals surface area contributed by atoms with Crippen molar-refractivity contribution >= 4 is 11.6 Å². The van der Waals surface area contributed by atoms with Gasteiger partial charge in [-0.1, -0.05) is 11.6 Å². The molecular formula is C11H15ClN2O. The Kier molecular flexibility index (Phi) is 3.24. The van der Waals surface area contributed by atoms with Crippen molar-refractivity contribution in [2.45, 2.75) is 24.9 Å². The highest BCUT2D eigenvalue weighted by atomic mass is 35.5. The number of halogens is 1. The van der Waals surface area contributed by atoms with Crippen molar-refractivity contribution < 1.29 is 5.11 Å². The second kappa shape index (κ2) is 4.47. The zero-order valence-electron chi connectivity index (χ0n) is 8.54. The van der Waals surface area contributed by atoms with Gasteiger partial charge in [0.05, 0.1) is 10.6 Å². The molecule has 1 aliphatic rings. The van der Waals surface area contributed by atoms with Crippen LogP contribution in [0.25, 0.3) is 0 Å². The number of piperidine rings is 1. The standard InChI is InChI=1S/C11H15ClN2O/c12-10-8-14-4-1-9(10)7-11(15)2-5-13-6-3-11/h1,4,8,13,15H,2-3,5-7H2. The largest absolute Gasteiger partial charge is 0.389 e. The molecular weight excluding hydrogens is 212 g/mol. The van der Waals surface area contributed by atoms with Gasteiger partial charge < -0.3 is 10.4 Å². The molecule has 0 spiro atoms. The summed E-state index contributed by atoms with van der Waals surface area (Å²) in [6.07, 6.45) is 5.53. The highest BCUT2D eigenvalue weighted by Gasteiger charge is 2.29. The Morgan fingerprint density at radius 3 is 2.87 bits per heavy atom. The van der Waals surface area contributed by atoms with Crippen molar-refractivity contribution in [1.82, 2.24) is 10.3 Å². The summed E-state index contributed by atoms with van der Waals surface area (Å²) < 4.78 is 0. The summed E-state index contributed by atoms with van der Waals surface area (Å²) in [5.41, 5.74) is 0.382. The molecule has 0 amide bonds. The molecule has 0 radical (unpaired) electrons. The Hall–Kier alpha value is -0.640. The van der Waals surface area contributed by atoms with Crippen LogP contribution in [0.15, 0.2) is 18.5 Å². The zero-order valence-corrected chi connectivity index (χ0v) is 9.30. The number of aromatic nitrogens is 1. The van der Waals surface area contributed by atoms with E-state index in [1.807, 2.05) is 6.07 Å². The van der Waals surface area contributed by atoms with Gasteiger partial charge in [0.15, 0.2) is 0 Å². The fourth-order valence-electron chi connectivity index (χ4n) is 1.97. The van der Waals surface area contributed by atoms with Crippen LogP contribution in [-0.2, 0) is 6.42 Å². The molecule has 1 aromatic rings. The van der Waals surface area contributed by atoms with Gasteiger partial charge in [0.25, 0.3) is 0 Å². The molecule has 2 rings (SSSR count). The van der Waals surface area contributed by atoms with E-state index in [1.54, 1.807) is 12.4 Å². The third-order valence-corrected chi connectivity index (χ3v) is 3.25. The lowest BCUT2D eigenvalue weighted by molar-refractivity contribution is 0.0109. The second-order valence-electron chi connectivity index (χ2n) is 4.12. The third-order valence-electron chi connectivity index (χ3n) is 2.91. The first kappa shape index (κ1) is 10.9. The predicted octanol–water partition coefficient (Wildman–Crippen LogP) is 1.39. The lowest BCUT2D eigenvalue weighted by Crippen LogP contribution is -2.43. The van der Waals surface area contributed by atoms with Crippen LogP contribution in [0.2, 0.25) is 5.02 Å². The number of aliphatic hydroxyl groups is 1. The van der Waals surface area contributed by atoms with Crippen molar-refractivity contribution in [1.29, 1.82) is 0 Å². The van der Waals surface area contributed by atoms with Gasteiger partial charge in [-0.15, -0.1) is 0 Å². The van der Waals surface area contributed by atoms with Crippen molar-refractivity contribution in [2.24, 2.45) is 0 Å². The van der Waals surface area contributed by atoms with E-state index in [4.69, 9.17) is 11.6 Å². The fourth-order valence-corrected chi connectivity index (χ4v) is 2.16. The summed E-state index contributed by atoms with van der Waals surface area (Å²) in [6.45, 7) is 1.75. The van der Waals surface area contributed by atoms with Crippen molar-refractivity contribution in [3.8, 4) is 0 Å². The molecule has 15 heavy (non-hydrogen) atoms. The molecule has 82 valence electrons. The summed E-state index contributed by atoms with van der Waals surface area (Å²) in [5, 5.41) is 14.2. The van der Waals surface area contributed by atoms with Gasteiger partial charge in [-0.05, 0) is 37.6 Å². The summed E-state index contributed by atoms with van der Waals surface area (Å²) >= 11 is 6.02. The van der Waals surface area contributed by atoms with E-state index in [1.165, 1.54) is 0 Å². The average Bonchev–Trinajstić information content (AvgIpc) is 2.22. The maximum atomic E-state index is 10.3. The number of pyridine rings is 1. The molecule has 1 aromatic heterocycles. The van der Waals surface area contributed by atoms with E-state index < -0.39 is 5.60 Å². The van der Waals surface area contributed by atoms with E-state index in [0.717, 1.165) is 31.5 Å². The van der Waals surface area contributed by atoms with Gasteiger partial charge in [0.1, 0.15) is 0 Å². The smallest absolute Gasteiger partial charge is 0.0712 e. The highest BCUT2D eigenvalue weighted by molar-refractivity contribution is 6.31. The molecule has 2 N–H and O–H groups in total. The number of hydrogen-bond acceptors (Lipinski definition) is 3. The molecule has 0 saturated carbocycles. The van der Waals surface area contributed by atoms with Crippen LogP contribution >= 0.6 is 11.6 Å². The highest BCUT2D eigenvalue weighted by Crippen LogP contribution is 2.26. The molecule has 0 aliphatic carbocycles. The Morgan fingerprint density at radius 2 is 2.20 bits per heavy atom. The van der Waals surface area contributed by atoms with E-state index >= 15 is 0 Å². The Labute approximate surface area is 94.5 Å². The molecule has 0 aromatic carbocycles. The minimum absolute atomic E-state index is 0.601. The monoisotopic (exact) mass is 226 g/mol. The van der Waals surface area contributed by atoms with Gasteiger partial charge in [0.2, 0.25) is 0 Å². The Balaban J connectivity index is 2.10. The van der Waals surface area contributed by atoms with Crippen molar-refractivity contribution in [3.63, 3.8) is 0 Å². The van der Waals surface area contributed by atoms with Crippen LogP contribution in [0.1, 0.15) is 18.4 Å². The van der Waals surface area contributed by atoms with Crippen LogP contribution in [-0.4, -0.2) is 28.8 Å². The lowest BCUT2D eigenvalue weighted by atomic mass is 9.86. The van der Waals surface area contributed by atoms with E-state index in [9.17, 15) is 5.11 Å². The van der Waals surface area contributed by atoms with Crippen molar-refractivity contribution in [3.05, 3.63) is 29.0 Å². The molecule has 1 fully saturated rings. The van der Waals surface area contributed by atoms with Gasteiger partial charge in [0, 0.05) is 18.8 Å².